The standard InChI is InChI=1S/C16H21ClN4S/c1-16(2,3)14-18-19-15(22-14)21-9-7-20(8-10-21)13-6-4-5-12(17)11-13/h4-6,11H,7-10H2,1-3H3. The van der Waals surface area contributed by atoms with Crippen molar-refractivity contribution in [3.05, 3.63) is 34.3 Å². The lowest BCUT2D eigenvalue weighted by Crippen LogP contribution is -2.46. The van der Waals surface area contributed by atoms with Crippen LogP contribution in [-0.2, 0) is 5.41 Å². The highest BCUT2D eigenvalue weighted by atomic mass is 35.5. The molecule has 1 aromatic carbocycles. The fourth-order valence-electron chi connectivity index (χ4n) is 2.48. The molecular weight excluding hydrogens is 316 g/mol. The molecule has 118 valence electrons. The van der Waals surface area contributed by atoms with Gasteiger partial charge < -0.3 is 9.80 Å². The molecule has 0 saturated carbocycles. The minimum Gasteiger partial charge on any atom is -0.368 e. The van der Waals surface area contributed by atoms with Gasteiger partial charge in [0.2, 0.25) is 5.13 Å². The molecule has 1 aliphatic heterocycles. The Balaban J connectivity index is 1.65. The maximum Gasteiger partial charge on any atom is 0.208 e. The molecule has 0 atom stereocenters. The van der Waals surface area contributed by atoms with Gasteiger partial charge in [0.05, 0.1) is 0 Å². The Morgan fingerprint density at radius 3 is 2.32 bits per heavy atom. The molecule has 0 radical (unpaired) electrons. The van der Waals surface area contributed by atoms with Gasteiger partial charge in [-0.15, -0.1) is 10.2 Å². The van der Waals surface area contributed by atoms with Gasteiger partial charge in [-0.25, -0.2) is 0 Å². The Kier molecular flexibility index (Phi) is 4.28. The number of hydrogen-bond acceptors (Lipinski definition) is 5. The van der Waals surface area contributed by atoms with E-state index in [2.05, 4.69) is 46.8 Å². The van der Waals surface area contributed by atoms with Crippen LogP contribution in [0.4, 0.5) is 10.8 Å². The molecule has 1 saturated heterocycles. The van der Waals surface area contributed by atoms with Crippen molar-refractivity contribution in [2.24, 2.45) is 0 Å². The smallest absolute Gasteiger partial charge is 0.208 e. The Morgan fingerprint density at radius 2 is 1.73 bits per heavy atom. The van der Waals surface area contributed by atoms with Crippen LogP contribution in [-0.4, -0.2) is 36.4 Å². The number of aromatic nitrogens is 2. The largest absolute Gasteiger partial charge is 0.368 e. The molecule has 0 unspecified atom stereocenters. The van der Waals surface area contributed by atoms with Crippen molar-refractivity contribution in [3.63, 3.8) is 0 Å². The molecule has 0 N–H and O–H groups in total. The van der Waals surface area contributed by atoms with Crippen LogP contribution in [0.5, 0.6) is 0 Å². The lowest BCUT2D eigenvalue weighted by atomic mass is 9.98. The van der Waals surface area contributed by atoms with Crippen LogP contribution in [0.2, 0.25) is 5.02 Å². The summed E-state index contributed by atoms with van der Waals surface area (Å²) in [7, 11) is 0. The summed E-state index contributed by atoms with van der Waals surface area (Å²) in [6.45, 7) is 10.4. The fourth-order valence-corrected chi connectivity index (χ4v) is 3.61. The second kappa shape index (κ2) is 6.05. The molecule has 1 aromatic heterocycles. The first kappa shape index (κ1) is 15.6. The normalized spacial score (nSPS) is 16.2. The molecular formula is C16H21ClN4S. The predicted molar refractivity (Wildman–Crippen MR) is 94.5 cm³/mol. The summed E-state index contributed by atoms with van der Waals surface area (Å²) in [5, 5.41) is 11.6. The molecule has 0 aliphatic carbocycles. The maximum absolute atomic E-state index is 6.08. The van der Waals surface area contributed by atoms with Gasteiger partial charge in [0.1, 0.15) is 5.01 Å². The van der Waals surface area contributed by atoms with Crippen molar-refractivity contribution in [2.75, 3.05) is 36.0 Å². The van der Waals surface area contributed by atoms with Crippen LogP contribution < -0.4 is 9.80 Å². The molecule has 3 rings (SSSR count). The number of halogens is 1. The van der Waals surface area contributed by atoms with E-state index in [-0.39, 0.29) is 5.41 Å². The third-order valence-electron chi connectivity index (χ3n) is 3.78. The molecule has 2 heterocycles. The average Bonchev–Trinajstić information content (AvgIpc) is 2.97. The first-order valence-corrected chi connectivity index (χ1v) is 8.72. The van der Waals surface area contributed by atoms with E-state index in [9.17, 15) is 0 Å². The molecule has 6 heteroatoms. The Labute approximate surface area is 140 Å². The zero-order valence-corrected chi connectivity index (χ0v) is 14.8. The van der Waals surface area contributed by atoms with Gasteiger partial charge in [0, 0.05) is 42.3 Å². The van der Waals surface area contributed by atoms with Gasteiger partial charge in [0.25, 0.3) is 0 Å². The SMILES string of the molecule is CC(C)(C)c1nnc(N2CCN(c3cccc(Cl)c3)CC2)s1. The molecule has 0 spiro atoms. The third-order valence-corrected chi connectivity index (χ3v) is 5.42. The highest BCUT2D eigenvalue weighted by Gasteiger charge is 2.24. The van der Waals surface area contributed by atoms with Gasteiger partial charge in [0.15, 0.2) is 0 Å². The van der Waals surface area contributed by atoms with Crippen molar-refractivity contribution in [1.29, 1.82) is 0 Å². The molecule has 1 aliphatic rings. The van der Waals surface area contributed by atoms with Gasteiger partial charge in [-0.2, -0.15) is 0 Å². The Morgan fingerprint density at radius 1 is 1.05 bits per heavy atom. The number of piperazine rings is 1. The number of anilines is 2. The summed E-state index contributed by atoms with van der Waals surface area (Å²) in [6.07, 6.45) is 0. The van der Waals surface area contributed by atoms with Crippen LogP contribution in [0.1, 0.15) is 25.8 Å². The second-order valence-corrected chi connectivity index (χ2v) is 7.99. The van der Waals surface area contributed by atoms with E-state index in [1.165, 1.54) is 5.69 Å². The van der Waals surface area contributed by atoms with Crippen LogP contribution in [0.25, 0.3) is 0 Å². The second-order valence-electron chi connectivity index (χ2n) is 6.59. The van der Waals surface area contributed by atoms with Crippen LogP contribution >= 0.6 is 22.9 Å². The fraction of sp³-hybridized carbons (Fsp3) is 0.500. The van der Waals surface area contributed by atoms with Crippen molar-refractivity contribution >= 4 is 33.8 Å². The molecule has 22 heavy (non-hydrogen) atoms. The van der Waals surface area contributed by atoms with Crippen LogP contribution in [0.3, 0.4) is 0 Å². The molecule has 2 aromatic rings. The van der Waals surface area contributed by atoms with Gasteiger partial charge in [-0.1, -0.05) is 49.8 Å². The van der Waals surface area contributed by atoms with E-state index < -0.39 is 0 Å². The van der Waals surface area contributed by atoms with Crippen molar-refractivity contribution in [1.82, 2.24) is 10.2 Å². The highest BCUT2D eigenvalue weighted by molar-refractivity contribution is 7.15. The Hall–Kier alpha value is -1.33. The molecule has 0 amide bonds. The molecule has 1 fully saturated rings. The van der Waals surface area contributed by atoms with Crippen LogP contribution in [0.15, 0.2) is 24.3 Å². The number of hydrogen-bond donors (Lipinski definition) is 0. The first-order valence-electron chi connectivity index (χ1n) is 7.53. The lowest BCUT2D eigenvalue weighted by molar-refractivity contribution is 0.577. The minimum atomic E-state index is 0.0680. The van der Waals surface area contributed by atoms with E-state index in [1.54, 1.807) is 11.3 Å². The lowest BCUT2D eigenvalue weighted by Gasteiger charge is -2.35. The summed E-state index contributed by atoms with van der Waals surface area (Å²) >= 11 is 7.79. The van der Waals surface area contributed by atoms with E-state index in [4.69, 9.17) is 11.6 Å². The topological polar surface area (TPSA) is 32.3 Å². The monoisotopic (exact) mass is 336 g/mol. The van der Waals surface area contributed by atoms with E-state index >= 15 is 0 Å². The Bertz CT molecular complexity index is 642. The molecule has 4 nitrogen and oxygen atoms in total. The van der Waals surface area contributed by atoms with E-state index in [0.29, 0.717) is 0 Å². The van der Waals surface area contributed by atoms with Gasteiger partial charge >= 0.3 is 0 Å². The summed E-state index contributed by atoms with van der Waals surface area (Å²) in [6, 6.07) is 8.06. The number of nitrogens with zero attached hydrogens (tertiary/aromatic N) is 4. The highest BCUT2D eigenvalue weighted by Crippen LogP contribution is 2.30. The average molecular weight is 337 g/mol. The van der Waals surface area contributed by atoms with Crippen molar-refractivity contribution in [2.45, 2.75) is 26.2 Å². The number of benzene rings is 1. The number of rotatable bonds is 2. The maximum atomic E-state index is 6.08. The zero-order chi connectivity index (χ0) is 15.7. The van der Waals surface area contributed by atoms with Crippen molar-refractivity contribution < 1.29 is 0 Å². The molecule has 0 bridgehead atoms. The first-order chi connectivity index (χ1) is 10.4. The van der Waals surface area contributed by atoms with Gasteiger partial charge in [-0.3, -0.25) is 0 Å². The van der Waals surface area contributed by atoms with Crippen LogP contribution in [0, 0.1) is 0 Å². The predicted octanol–water partition coefficient (Wildman–Crippen LogP) is 3.82. The summed E-state index contributed by atoms with van der Waals surface area (Å²) in [4.78, 5) is 4.70. The third kappa shape index (κ3) is 3.36. The zero-order valence-electron chi connectivity index (χ0n) is 13.2. The van der Waals surface area contributed by atoms with Gasteiger partial charge in [-0.05, 0) is 18.2 Å². The van der Waals surface area contributed by atoms with E-state index in [0.717, 1.165) is 41.3 Å². The summed E-state index contributed by atoms with van der Waals surface area (Å²) in [5.74, 6) is 0. The quantitative estimate of drug-likeness (QED) is 0.834. The van der Waals surface area contributed by atoms with E-state index in [1.807, 2.05) is 18.2 Å². The summed E-state index contributed by atoms with van der Waals surface area (Å²) < 4.78 is 0. The summed E-state index contributed by atoms with van der Waals surface area (Å²) in [5.41, 5.74) is 1.26. The van der Waals surface area contributed by atoms with Crippen molar-refractivity contribution in [3.8, 4) is 0 Å². The minimum absolute atomic E-state index is 0.0680.